The lowest BCUT2D eigenvalue weighted by molar-refractivity contribution is -0.384. The normalized spacial score (nSPS) is 12.0. The SMILES string of the molecule is Cc1cc(C)c(-c2c3nc(c(-c4ccccc4[N+](=O)[O-])c4ccc([nH]4)c(-c4c(C)cc(C)cc4C)c4nc(c(-c5ccccc5NC(=O)NC(Cc5ccc(O)cc5)C(=O)N(CCc5ccccn5)CCc5ccccn5)c5ccc2[nH]5)C=C4)C=C3)c(C)c1. The molecule has 2 aliphatic heterocycles. The van der Waals surface area contributed by atoms with Crippen LogP contribution >= 0.6 is 0 Å². The van der Waals surface area contributed by atoms with Gasteiger partial charge >= 0.3 is 6.03 Å². The van der Waals surface area contributed by atoms with Crippen LogP contribution in [0.2, 0.25) is 0 Å². The van der Waals surface area contributed by atoms with Gasteiger partial charge in [-0.1, -0.05) is 90.0 Å². The number of nitro benzene ring substituents is 1. The minimum Gasteiger partial charge on any atom is -0.508 e. The first kappa shape index (κ1) is 58.3. The highest BCUT2D eigenvalue weighted by Crippen LogP contribution is 2.43. The highest BCUT2D eigenvalue weighted by molar-refractivity contribution is 6.04. The van der Waals surface area contributed by atoms with E-state index in [2.05, 4.69) is 96.4 Å². The molecule has 15 nitrogen and oxygen atoms in total. The molecular formula is C74H66N10O5. The number of pyridine rings is 2. The van der Waals surface area contributed by atoms with Crippen LogP contribution in [0.4, 0.5) is 16.2 Å². The Morgan fingerprint density at radius 3 is 1.46 bits per heavy atom. The van der Waals surface area contributed by atoms with Crippen molar-refractivity contribution < 1.29 is 19.6 Å². The molecule has 8 bridgehead atoms. The number of fused-ring (bicyclic) bond motifs is 8. The molecule has 442 valence electrons. The van der Waals surface area contributed by atoms with Crippen molar-refractivity contribution >= 4 is 69.7 Å². The summed E-state index contributed by atoms with van der Waals surface area (Å²) in [7, 11) is 0. The molecule has 10 aromatic rings. The van der Waals surface area contributed by atoms with Gasteiger partial charge in [-0.05, 0) is 178 Å². The number of anilines is 1. The highest BCUT2D eigenvalue weighted by Gasteiger charge is 2.29. The minimum absolute atomic E-state index is 0.0536. The van der Waals surface area contributed by atoms with Gasteiger partial charge in [-0.15, -0.1) is 0 Å². The van der Waals surface area contributed by atoms with Gasteiger partial charge in [0.2, 0.25) is 5.91 Å². The number of hydrogen-bond acceptors (Lipinski definition) is 9. The maximum Gasteiger partial charge on any atom is 0.319 e. The maximum atomic E-state index is 15.2. The van der Waals surface area contributed by atoms with Crippen LogP contribution in [0.1, 0.15) is 73.1 Å². The number of aromatic amines is 2. The summed E-state index contributed by atoms with van der Waals surface area (Å²) in [5.74, 6) is -0.209. The molecular weight excluding hydrogens is 1110 g/mol. The molecule has 2 aliphatic rings. The first-order chi connectivity index (χ1) is 43.1. The van der Waals surface area contributed by atoms with Crippen LogP contribution < -0.4 is 10.6 Å². The molecule has 15 heteroatoms. The Hall–Kier alpha value is -11.1. The molecule has 5 aromatic carbocycles. The fourth-order valence-electron chi connectivity index (χ4n) is 12.6. The van der Waals surface area contributed by atoms with E-state index < -0.39 is 12.1 Å². The van der Waals surface area contributed by atoms with E-state index in [1.54, 1.807) is 53.7 Å². The lowest BCUT2D eigenvalue weighted by Crippen LogP contribution is -2.51. The second kappa shape index (κ2) is 25.1. The lowest BCUT2D eigenvalue weighted by Gasteiger charge is -2.28. The molecule has 0 aliphatic carbocycles. The number of aromatic hydroxyl groups is 1. The molecule has 3 amide bonds. The number of nitro groups is 1. The third kappa shape index (κ3) is 12.4. The smallest absolute Gasteiger partial charge is 0.319 e. The fraction of sp³-hybridized carbons (Fsp3) is 0.162. The molecule has 0 radical (unpaired) electrons. The molecule has 0 saturated carbocycles. The minimum atomic E-state index is -1.04. The number of amides is 3. The molecule has 1 unspecified atom stereocenters. The number of phenols is 1. The number of aromatic nitrogens is 6. The van der Waals surface area contributed by atoms with Gasteiger partial charge in [0.15, 0.2) is 0 Å². The van der Waals surface area contributed by atoms with Gasteiger partial charge in [0, 0.05) is 112 Å². The quantitative estimate of drug-likeness (QED) is 0.0460. The van der Waals surface area contributed by atoms with Crippen molar-refractivity contribution in [3.63, 3.8) is 0 Å². The van der Waals surface area contributed by atoms with Gasteiger partial charge < -0.3 is 30.6 Å². The Bertz CT molecular complexity index is 4500. The standard InChI is InChI=1S/C74H66N10O5/c1-44-39-46(3)67(47(4)40-44)71-61-29-25-57(77-61)69(58-26-30-62(78-58)72(68-48(5)41-45(2)42-49(68)6)64-32-28-60(80-64)70(59-27-31-63(71)79-59)55-18-8-10-20-66(55)84(88)89)54-17-7-9-19-56(54)81-74(87)82-65(43-50-21-23-53(85)24-22-50)73(86)83(37-33-51-15-11-13-35-75-51)38-34-52-16-12-14-36-76-52/h7-32,35-36,39-42,65,77,80,85H,33-34,37-38,43H2,1-6H3,(H2,81,82,87). The maximum absolute atomic E-state index is 15.2. The first-order valence-electron chi connectivity index (χ1n) is 29.7. The zero-order chi connectivity index (χ0) is 61.9. The third-order valence-corrected chi connectivity index (χ3v) is 16.4. The van der Waals surface area contributed by atoms with Crippen molar-refractivity contribution in [3.05, 3.63) is 253 Å². The number of hydrogen-bond donors (Lipinski definition) is 5. The summed E-state index contributed by atoms with van der Waals surface area (Å²) in [4.78, 5) is 72.2. The molecule has 1 atom stereocenters. The Morgan fingerprint density at radius 2 is 0.978 bits per heavy atom. The van der Waals surface area contributed by atoms with Crippen LogP contribution in [0, 0.1) is 51.7 Å². The first-order valence-corrected chi connectivity index (χ1v) is 29.7. The zero-order valence-electron chi connectivity index (χ0n) is 50.4. The topological polar surface area (TPSA) is 208 Å². The number of urea groups is 1. The summed E-state index contributed by atoms with van der Waals surface area (Å²) >= 11 is 0. The predicted octanol–water partition coefficient (Wildman–Crippen LogP) is 15.6. The van der Waals surface area contributed by atoms with Crippen LogP contribution in [0.15, 0.2) is 170 Å². The summed E-state index contributed by atoms with van der Waals surface area (Å²) < 4.78 is 0. The van der Waals surface area contributed by atoms with Gasteiger partial charge in [-0.2, -0.15) is 0 Å². The summed E-state index contributed by atoms with van der Waals surface area (Å²) in [6.07, 6.45) is 12.5. The van der Waals surface area contributed by atoms with Crippen molar-refractivity contribution in [2.75, 3.05) is 18.4 Å². The van der Waals surface area contributed by atoms with Crippen LogP contribution in [0.3, 0.4) is 0 Å². The molecule has 89 heavy (non-hydrogen) atoms. The number of aryl methyl sites for hydroxylation is 6. The van der Waals surface area contributed by atoms with Crippen LogP contribution in [-0.2, 0) is 24.1 Å². The van der Waals surface area contributed by atoms with Crippen molar-refractivity contribution in [3.8, 4) is 50.3 Å². The summed E-state index contributed by atoms with van der Waals surface area (Å²) in [5.41, 5.74) is 20.3. The Morgan fingerprint density at radius 1 is 0.539 bits per heavy atom. The summed E-state index contributed by atoms with van der Waals surface area (Å²) in [6, 6.07) is 47.4. The largest absolute Gasteiger partial charge is 0.508 e. The number of phenolic OH excluding ortho intramolecular Hbond substituents is 1. The zero-order valence-corrected chi connectivity index (χ0v) is 50.4. The number of H-pyrrole nitrogens is 2. The molecule has 0 saturated heterocycles. The summed E-state index contributed by atoms with van der Waals surface area (Å²) in [6.45, 7) is 13.2. The van der Waals surface area contributed by atoms with E-state index in [0.717, 1.165) is 83.6 Å². The molecule has 5 N–H and O–H groups in total. The number of carbonyl (C=O) groups excluding carboxylic acids is 2. The van der Waals surface area contributed by atoms with Gasteiger partial charge in [-0.3, -0.25) is 24.9 Å². The van der Waals surface area contributed by atoms with Gasteiger partial charge in [0.05, 0.1) is 38.9 Å². The van der Waals surface area contributed by atoms with E-state index in [1.165, 1.54) is 6.07 Å². The number of para-hydroxylation sites is 2. The van der Waals surface area contributed by atoms with E-state index in [-0.39, 0.29) is 28.7 Å². The second-order valence-corrected chi connectivity index (χ2v) is 22.9. The average molecular weight is 1180 g/mol. The number of nitrogens with zero attached hydrogens (tertiary/aromatic N) is 6. The molecule has 0 fully saturated rings. The van der Waals surface area contributed by atoms with Crippen LogP contribution in [0.25, 0.3) is 90.9 Å². The number of nitrogens with one attached hydrogen (secondary N) is 4. The molecule has 0 spiro atoms. The molecule has 12 rings (SSSR count). The van der Waals surface area contributed by atoms with Gasteiger partial charge in [-0.25, -0.2) is 14.8 Å². The van der Waals surface area contributed by atoms with E-state index >= 15 is 4.79 Å². The van der Waals surface area contributed by atoms with Crippen molar-refractivity contribution in [2.24, 2.45) is 0 Å². The van der Waals surface area contributed by atoms with Gasteiger partial charge in [0.1, 0.15) is 11.8 Å². The van der Waals surface area contributed by atoms with E-state index in [9.17, 15) is 20.0 Å². The highest BCUT2D eigenvalue weighted by atomic mass is 16.6. The van der Waals surface area contributed by atoms with E-state index in [0.29, 0.717) is 87.7 Å². The predicted molar refractivity (Wildman–Crippen MR) is 356 cm³/mol. The Labute approximate surface area is 515 Å². The lowest BCUT2D eigenvalue weighted by atomic mass is 9.92. The van der Waals surface area contributed by atoms with Crippen LogP contribution in [0.5, 0.6) is 5.75 Å². The van der Waals surface area contributed by atoms with Crippen molar-refractivity contribution in [1.82, 2.24) is 40.1 Å². The number of rotatable bonds is 16. The third-order valence-electron chi connectivity index (χ3n) is 16.4. The monoisotopic (exact) mass is 1170 g/mol. The van der Waals surface area contributed by atoms with E-state index in [1.807, 2.05) is 115 Å². The Balaban J connectivity index is 1.05. The second-order valence-electron chi connectivity index (χ2n) is 22.9. The fourth-order valence-corrected chi connectivity index (χ4v) is 12.6. The Kier molecular flexibility index (Phi) is 16.5. The number of carbonyl (C=O) groups is 2. The molecule has 7 heterocycles. The van der Waals surface area contributed by atoms with Crippen molar-refractivity contribution in [1.29, 1.82) is 0 Å². The van der Waals surface area contributed by atoms with E-state index in [4.69, 9.17) is 9.97 Å². The van der Waals surface area contributed by atoms with Crippen LogP contribution in [-0.4, -0.2) is 75.9 Å². The average Bonchev–Trinajstić information content (AvgIpc) is 1.67. The molecule has 5 aromatic heterocycles. The summed E-state index contributed by atoms with van der Waals surface area (Å²) in [5, 5.41) is 29.5. The van der Waals surface area contributed by atoms with Gasteiger partial charge in [0.25, 0.3) is 5.69 Å². The number of benzene rings is 5. The van der Waals surface area contributed by atoms with Crippen molar-refractivity contribution in [2.45, 2.75) is 66.8 Å².